The Kier molecular flexibility index (Phi) is 4.47. The van der Waals surface area contributed by atoms with Crippen LogP contribution in [0.15, 0.2) is 109 Å². The van der Waals surface area contributed by atoms with Crippen LogP contribution < -0.4 is 4.90 Å². The molecule has 0 aliphatic heterocycles. The molecular weight excluding hydrogens is 302 g/mol. The van der Waals surface area contributed by atoms with Crippen molar-refractivity contribution in [2.45, 2.75) is 12.8 Å². The third-order valence-corrected chi connectivity index (χ3v) is 4.48. The molecule has 0 fully saturated rings. The molecule has 25 heavy (non-hydrogen) atoms. The number of anilines is 2. The lowest BCUT2D eigenvalue weighted by Gasteiger charge is -2.27. The quantitative estimate of drug-likeness (QED) is 0.515. The Morgan fingerprint density at radius 3 is 1.80 bits per heavy atom. The van der Waals surface area contributed by atoms with Crippen molar-refractivity contribution in [3.63, 3.8) is 0 Å². The van der Waals surface area contributed by atoms with E-state index in [9.17, 15) is 0 Å². The van der Waals surface area contributed by atoms with Gasteiger partial charge in [-0.3, -0.25) is 0 Å². The van der Waals surface area contributed by atoms with E-state index in [1.807, 2.05) is 0 Å². The van der Waals surface area contributed by atoms with E-state index in [2.05, 4.69) is 108 Å². The van der Waals surface area contributed by atoms with Crippen molar-refractivity contribution in [3.05, 3.63) is 109 Å². The van der Waals surface area contributed by atoms with E-state index in [0.29, 0.717) is 0 Å². The van der Waals surface area contributed by atoms with Gasteiger partial charge in [0.2, 0.25) is 0 Å². The molecule has 3 aromatic rings. The van der Waals surface area contributed by atoms with Crippen molar-refractivity contribution in [1.29, 1.82) is 0 Å². The van der Waals surface area contributed by atoms with Crippen LogP contribution >= 0.6 is 0 Å². The van der Waals surface area contributed by atoms with Gasteiger partial charge in [-0.05, 0) is 54.3 Å². The van der Waals surface area contributed by atoms with Gasteiger partial charge >= 0.3 is 0 Å². The number of nitrogens with zero attached hydrogens (tertiary/aromatic N) is 1. The van der Waals surface area contributed by atoms with Crippen molar-refractivity contribution in [1.82, 2.24) is 0 Å². The number of para-hydroxylation sites is 1. The molecule has 0 saturated heterocycles. The molecule has 1 nitrogen and oxygen atoms in total. The first-order valence-corrected chi connectivity index (χ1v) is 8.79. The van der Waals surface area contributed by atoms with Crippen LogP contribution in [-0.2, 0) is 0 Å². The summed E-state index contributed by atoms with van der Waals surface area (Å²) in [7, 11) is 0. The molecule has 1 aliphatic carbocycles. The summed E-state index contributed by atoms with van der Waals surface area (Å²) in [6, 6.07) is 29.9. The van der Waals surface area contributed by atoms with Crippen molar-refractivity contribution in [3.8, 4) is 11.1 Å². The topological polar surface area (TPSA) is 3.24 Å². The van der Waals surface area contributed by atoms with E-state index >= 15 is 0 Å². The molecule has 0 amide bonds. The molecule has 3 aromatic carbocycles. The molecule has 1 heteroatoms. The molecule has 0 radical (unpaired) electrons. The van der Waals surface area contributed by atoms with Crippen LogP contribution in [0.25, 0.3) is 11.1 Å². The highest BCUT2D eigenvalue weighted by molar-refractivity contribution is 5.73. The van der Waals surface area contributed by atoms with Gasteiger partial charge in [-0.15, -0.1) is 0 Å². The van der Waals surface area contributed by atoms with Gasteiger partial charge in [-0.2, -0.15) is 0 Å². The molecule has 0 N–H and O–H groups in total. The Hall–Kier alpha value is -3.06. The van der Waals surface area contributed by atoms with Crippen LogP contribution in [0.5, 0.6) is 0 Å². The Morgan fingerprint density at radius 1 is 0.560 bits per heavy atom. The lowest BCUT2D eigenvalue weighted by molar-refractivity contribution is 0.997. The maximum absolute atomic E-state index is 2.32. The maximum Gasteiger partial charge on any atom is 0.0461 e. The van der Waals surface area contributed by atoms with E-state index in [0.717, 1.165) is 12.8 Å². The van der Waals surface area contributed by atoms with E-state index in [4.69, 9.17) is 0 Å². The average molecular weight is 323 g/mol. The third-order valence-electron chi connectivity index (χ3n) is 4.48. The summed E-state index contributed by atoms with van der Waals surface area (Å²) < 4.78 is 0. The van der Waals surface area contributed by atoms with Crippen LogP contribution in [0, 0.1) is 0 Å². The summed E-state index contributed by atoms with van der Waals surface area (Å²) in [5, 5.41) is 0. The summed E-state index contributed by atoms with van der Waals surface area (Å²) in [5.41, 5.74) is 6.10. The number of allylic oxidation sites excluding steroid dienone is 3. The van der Waals surface area contributed by atoms with Gasteiger partial charge in [0.25, 0.3) is 0 Å². The lowest BCUT2D eigenvalue weighted by Crippen LogP contribution is -2.16. The highest BCUT2D eigenvalue weighted by atomic mass is 15.1. The minimum Gasteiger partial charge on any atom is -0.311 e. The highest BCUT2D eigenvalue weighted by Crippen LogP contribution is 2.33. The highest BCUT2D eigenvalue weighted by Gasteiger charge is 2.13. The molecule has 122 valence electrons. The first kappa shape index (κ1) is 15.5. The summed E-state index contributed by atoms with van der Waals surface area (Å²) in [5.74, 6) is 0. The zero-order chi connectivity index (χ0) is 16.9. The fourth-order valence-electron chi connectivity index (χ4n) is 3.22. The van der Waals surface area contributed by atoms with Gasteiger partial charge < -0.3 is 4.90 Å². The van der Waals surface area contributed by atoms with Crippen LogP contribution in [0.3, 0.4) is 0 Å². The van der Waals surface area contributed by atoms with Gasteiger partial charge in [0.05, 0.1) is 0 Å². The normalized spacial score (nSPS) is 13.4. The molecular formula is C24H21N. The third kappa shape index (κ3) is 3.41. The fraction of sp³-hybridized carbons (Fsp3) is 0.0833. The second kappa shape index (κ2) is 7.23. The van der Waals surface area contributed by atoms with Crippen LogP contribution in [0.4, 0.5) is 11.4 Å². The van der Waals surface area contributed by atoms with Crippen LogP contribution in [0.1, 0.15) is 12.8 Å². The molecule has 0 bridgehead atoms. The van der Waals surface area contributed by atoms with Crippen molar-refractivity contribution in [2.24, 2.45) is 0 Å². The van der Waals surface area contributed by atoms with Gasteiger partial charge in [0.15, 0.2) is 0 Å². The molecule has 0 aromatic heterocycles. The van der Waals surface area contributed by atoms with Crippen LogP contribution in [-0.4, -0.2) is 0 Å². The first-order chi connectivity index (χ1) is 12.4. The smallest absolute Gasteiger partial charge is 0.0461 e. The summed E-state index contributed by atoms with van der Waals surface area (Å²) in [6.07, 6.45) is 9.01. The Labute approximate surface area is 149 Å². The second-order valence-corrected chi connectivity index (χ2v) is 6.19. The van der Waals surface area contributed by atoms with Crippen molar-refractivity contribution in [2.75, 3.05) is 4.90 Å². The SMILES string of the molecule is C1=CC(N(c2ccccc2)c2ccc(-c3ccccc3)cc2)=CCC1. The minimum atomic E-state index is 1.09. The molecule has 1 aliphatic rings. The second-order valence-electron chi connectivity index (χ2n) is 6.19. The average Bonchev–Trinajstić information content (AvgIpc) is 2.71. The molecule has 0 heterocycles. The molecule has 0 saturated carbocycles. The Morgan fingerprint density at radius 2 is 1.16 bits per heavy atom. The predicted molar refractivity (Wildman–Crippen MR) is 107 cm³/mol. The zero-order valence-corrected chi connectivity index (χ0v) is 14.2. The van der Waals surface area contributed by atoms with Gasteiger partial charge in [0, 0.05) is 17.1 Å². The minimum absolute atomic E-state index is 1.09. The first-order valence-electron chi connectivity index (χ1n) is 8.79. The van der Waals surface area contributed by atoms with E-state index < -0.39 is 0 Å². The summed E-state index contributed by atoms with van der Waals surface area (Å²) in [4.78, 5) is 2.32. The molecule has 0 atom stereocenters. The number of rotatable bonds is 4. The Bertz CT molecular complexity index is 874. The zero-order valence-electron chi connectivity index (χ0n) is 14.2. The predicted octanol–water partition coefficient (Wildman–Crippen LogP) is 6.73. The number of hydrogen-bond donors (Lipinski definition) is 0. The molecule has 0 spiro atoms. The summed E-state index contributed by atoms with van der Waals surface area (Å²) in [6.45, 7) is 0. The standard InChI is InChI=1S/C24H21N/c1-4-10-20(11-5-1)21-16-18-24(19-17-21)25(22-12-6-2-7-13-22)23-14-8-3-9-15-23/h1-2,4-8,10-19H,3,9H2. The van der Waals surface area contributed by atoms with E-state index in [-0.39, 0.29) is 0 Å². The summed E-state index contributed by atoms with van der Waals surface area (Å²) >= 11 is 0. The van der Waals surface area contributed by atoms with E-state index in [1.165, 1.54) is 28.2 Å². The van der Waals surface area contributed by atoms with Gasteiger partial charge in [-0.25, -0.2) is 0 Å². The van der Waals surface area contributed by atoms with Gasteiger partial charge in [-0.1, -0.05) is 72.8 Å². The van der Waals surface area contributed by atoms with Crippen molar-refractivity contribution >= 4 is 11.4 Å². The van der Waals surface area contributed by atoms with Crippen LogP contribution in [0.2, 0.25) is 0 Å². The largest absolute Gasteiger partial charge is 0.311 e. The number of hydrogen-bond acceptors (Lipinski definition) is 1. The lowest BCUT2D eigenvalue weighted by atomic mass is 10.0. The molecule has 0 unspecified atom stereocenters. The Balaban J connectivity index is 1.72. The molecule has 4 rings (SSSR count). The number of benzene rings is 3. The van der Waals surface area contributed by atoms with E-state index in [1.54, 1.807) is 0 Å². The maximum atomic E-state index is 2.32. The van der Waals surface area contributed by atoms with Crippen molar-refractivity contribution < 1.29 is 0 Å². The fourth-order valence-corrected chi connectivity index (χ4v) is 3.22. The monoisotopic (exact) mass is 323 g/mol. The van der Waals surface area contributed by atoms with Gasteiger partial charge in [0.1, 0.15) is 0 Å².